The molecule has 4 nitrogen and oxygen atoms in total. The molecule has 0 saturated carbocycles. The van der Waals surface area contributed by atoms with Gasteiger partial charge < -0.3 is 19.9 Å². The fraction of sp³-hybridized carbons (Fsp3) is 0.562. The number of thiocarbonyl (C=S) groups is 1. The van der Waals surface area contributed by atoms with Crippen molar-refractivity contribution in [3.05, 3.63) is 28.2 Å². The fourth-order valence-corrected chi connectivity index (χ4v) is 2.60. The number of ether oxygens (including phenoxy) is 1. The van der Waals surface area contributed by atoms with Crippen molar-refractivity contribution in [2.45, 2.75) is 19.9 Å². The number of benzene rings is 1. The number of hydrogen-bond donors (Lipinski definition) is 1. The van der Waals surface area contributed by atoms with Crippen LogP contribution in [-0.4, -0.2) is 61.3 Å². The Bertz CT molecular complexity index is 512. The summed E-state index contributed by atoms with van der Waals surface area (Å²) in [6.07, 6.45) is 0. The first-order valence-electron chi connectivity index (χ1n) is 7.58. The minimum Gasteiger partial charge on any atom is -0.492 e. The Labute approximate surface area is 154 Å². The van der Waals surface area contributed by atoms with Crippen LogP contribution in [0.5, 0.6) is 5.75 Å². The first-order chi connectivity index (χ1) is 10.8. The van der Waals surface area contributed by atoms with E-state index in [2.05, 4.69) is 29.0 Å². The summed E-state index contributed by atoms with van der Waals surface area (Å²) in [5.74, 6) is 0.703. The lowest BCUT2D eigenvalue weighted by atomic mass is 10.3. The maximum atomic E-state index is 5.98. The van der Waals surface area contributed by atoms with Crippen molar-refractivity contribution in [1.82, 2.24) is 15.1 Å². The zero-order valence-electron chi connectivity index (χ0n) is 14.1. The van der Waals surface area contributed by atoms with Crippen LogP contribution in [0.4, 0.5) is 0 Å². The number of nitrogens with one attached hydrogen (secondary N) is 1. The van der Waals surface area contributed by atoms with Crippen molar-refractivity contribution in [3.63, 3.8) is 0 Å². The topological polar surface area (TPSA) is 27.7 Å². The minimum absolute atomic E-state index is 0.298. The second-order valence-corrected chi connectivity index (χ2v) is 6.95. The van der Waals surface area contributed by atoms with Gasteiger partial charge in [-0.05, 0) is 52.3 Å². The van der Waals surface area contributed by atoms with E-state index >= 15 is 0 Å². The molecule has 0 saturated heterocycles. The van der Waals surface area contributed by atoms with Crippen molar-refractivity contribution in [2.24, 2.45) is 0 Å². The van der Waals surface area contributed by atoms with Crippen LogP contribution < -0.4 is 10.1 Å². The predicted molar refractivity (Wildman–Crippen MR) is 103 cm³/mol. The maximum absolute atomic E-state index is 5.98. The normalized spacial score (nSPS) is 11.0. The quantitative estimate of drug-likeness (QED) is 0.699. The van der Waals surface area contributed by atoms with Gasteiger partial charge in [0.2, 0.25) is 0 Å². The monoisotopic (exact) mass is 377 g/mol. The van der Waals surface area contributed by atoms with E-state index in [9.17, 15) is 0 Å². The lowest BCUT2D eigenvalue weighted by molar-refractivity contribution is 0.245. The fourth-order valence-electron chi connectivity index (χ4n) is 1.91. The van der Waals surface area contributed by atoms with Crippen molar-refractivity contribution >= 4 is 40.5 Å². The Morgan fingerprint density at radius 1 is 1.22 bits per heavy atom. The van der Waals surface area contributed by atoms with E-state index in [0.717, 1.165) is 18.2 Å². The van der Waals surface area contributed by atoms with Crippen LogP contribution in [0.15, 0.2) is 18.2 Å². The minimum atomic E-state index is 0.298. The number of hydrogen-bond acceptors (Lipinski definition) is 3. The van der Waals surface area contributed by atoms with Gasteiger partial charge >= 0.3 is 0 Å². The molecule has 1 rings (SSSR count). The van der Waals surface area contributed by atoms with E-state index in [1.54, 1.807) is 12.1 Å². The molecule has 0 radical (unpaired) electrons. The smallest absolute Gasteiger partial charge is 0.169 e. The highest BCUT2D eigenvalue weighted by atomic mass is 35.5. The molecular weight excluding hydrogens is 353 g/mol. The summed E-state index contributed by atoms with van der Waals surface area (Å²) >= 11 is 17.4. The molecule has 0 aromatic heterocycles. The van der Waals surface area contributed by atoms with Gasteiger partial charge in [-0.15, -0.1) is 0 Å². The Morgan fingerprint density at radius 2 is 1.91 bits per heavy atom. The van der Waals surface area contributed by atoms with Gasteiger partial charge in [-0.25, -0.2) is 0 Å². The summed E-state index contributed by atoms with van der Waals surface area (Å²) in [5.41, 5.74) is 0. The molecule has 0 fully saturated rings. The van der Waals surface area contributed by atoms with Crippen molar-refractivity contribution in [3.8, 4) is 5.75 Å². The standard InChI is InChI=1S/C16H25Cl2N3OS/c1-12(2)21(16(23)19-7-8-20(3)4)9-10-22-13-5-6-14(17)15(18)11-13/h5-6,11-12H,7-10H2,1-4H3,(H,19,23). The third kappa shape index (κ3) is 7.57. The van der Waals surface area contributed by atoms with Crippen LogP contribution in [0.25, 0.3) is 0 Å². The van der Waals surface area contributed by atoms with E-state index < -0.39 is 0 Å². The molecule has 7 heteroatoms. The van der Waals surface area contributed by atoms with Gasteiger partial charge in [-0.3, -0.25) is 0 Å². The van der Waals surface area contributed by atoms with Crippen LogP contribution in [-0.2, 0) is 0 Å². The molecule has 0 aliphatic carbocycles. The molecule has 0 bridgehead atoms. The van der Waals surface area contributed by atoms with Gasteiger partial charge in [-0.2, -0.15) is 0 Å². The van der Waals surface area contributed by atoms with E-state index in [4.69, 9.17) is 40.2 Å². The lowest BCUT2D eigenvalue weighted by Gasteiger charge is -2.30. The summed E-state index contributed by atoms with van der Waals surface area (Å²) in [6, 6.07) is 5.55. The summed E-state index contributed by atoms with van der Waals surface area (Å²) in [7, 11) is 4.08. The highest BCUT2D eigenvalue weighted by Crippen LogP contribution is 2.26. The lowest BCUT2D eigenvalue weighted by Crippen LogP contribution is -2.47. The molecule has 1 aromatic carbocycles. The van der Waals surface area contributed by atoms with Crippen molar-refractivity contribution < 1.29 is 4.74 Å². The van der Waals surface area contributed by atoms with E-state index in [1.165, 1.54) is 0 Å². The molecule has 0 amide bonds. The largest absolute Gasteiger partial charge is 0.492 e. The Kier molecular flexibility index (Phi) is 8.99. The van der Waals surface area contributed by atoms with Gasteiger partial charge in [0, 0.05) is 25.2 Å². The zero-order chi connectivity index (χ0) is 17.4. The summed E-state index contributed by atoms with van der Waals surface area (Å²) in [4.78, 5) is 4.23. The summed E-state index contributed by atoms with van der Waals surface area (Å²) in [5, 5.41) is 5.05. The number of rotatable bonds is 8. The molecule has 1 N–H and O–H groups in total. The number of nitrogens with zero attached hydrogens (tertiary/aromatic N) is 2. The summed E-state index contributed by atoms with van der Waals surface area (Å²) < 4.78 is 5.73. The van der Waals surface area contributed by atoms with Crippen molar-refractivity contribution in [1.29, 1.82) is 0 Å². The van der Waals surface area contributed by atoms with E-state index in [0.29, 0.717) is 35.0 Å². The first-order valence-corrected chi connectivity index (χ1v) is 8.74. The van der Waals surface area contributed by atoms with Crippen LogP contribution >= 0.6 is 35.4 Å². The first kappa shape index (κ1) is 20.3. The molecule has 0 heterocycles. The molecule has 23 heavy (non-hydrogen) atoms. The maximum Gasteiger partial charge on any atom is 0.169 e. The molecule has 0 atom stereocenters. The van der Waals surface area contributed by atoms with E-state index in [1.807, 2.05) is 20.2 Å². The highest BCUT2D eigenvalue weighted by molar-refractivity contribution is 7.80. The van der Waals surface area contributed by atoms with Crippen LogP contribution in [0, 0.1) is 0 Å². The molecule has 0 aliphatic heterocycles. The Balaban J connectivity index is 2.46. The zero-order valence-corrected chi connectivity index (χ0v) is 16.4. The van der Waals surface area contributed by atoms with Gasteiger partial charge in [-0.1, -0.05) is 23.2 Å². The molecule has 0 unspecified atom stereocenters. The molecular formula is C16H25Cl2N3OS. The van der Waals surface area contributed by atoms with Gasteiger partial charge in [0.25, 0.3) is 0 Å². The van der Waals surface area contributed by atoms with Crippen LogP contribution in [0.1, 0.15) is 13.8 Å². The van der Waals surface area contributed by atoms with Gasteiger partial charge in [0.15, 0.2) is 5.11 Å². The number of likely N-dealkylation sites (N-methyl/N-ethyl adjacent to an activating group) is 1. The van der Waals surface area contributed by atoms with E-state index in [-0.39, 0.29) is 0 Å². The number of halogens is 2. The molecule has 0 aliphatic rings. The Hall–Kier alpha value is -0.750. The average molecular weight is 378 g/mol. The third-order valence-electron chi connectivity index (χ3n) is 3.21. The van der Waals surface area contributed by atoms with Gasteiger partial charge in [0.1, 0.15) is 12.4 Å². The second-order valence-electron chi connectivity index (χ2n) is 5.75. The molecule has 0 spiro atoms. The Morgan fingerprint density at radius 3 is 2.48 bits per heavy atom. The van der Waals surface area contributed by atoms with Crippen LogP contribution in [0.2, 0.25) is 10.0 Å². The second kappa shape index (κ2) is 10.2. The van der Waals surface area contributed by atoms with Crippen molar-refractivity contribution in [2.75, 3.05) is 40.3 Å². The summed E-state index contributed by atoms with van der Waals surface area (Å²) in [6.45, 7) is 7.20. The third-order valence-corrected chi connectivity index (χ3v) is 4.33. The average Bonchev–Trinajstić information content (AvgIpc) is 2.46. The highest BCUT2D eigenvalue weighted by Gasteiger charge is 2.13. The molecule has 130 valence electrons. The molecule has 1 aromatic rings. The predicted octanol–water partition coefficient (Wildman–Crippen LogP) is 3.52. The van der Waals surface area contributed by atoms with Crippen LogP contribution in [0.3, 0.4) is 0 Å². The SMILES string of the molecule is CC(C)N(CCOc1ccc(Cl)c(Cl)c1)C(=S)NCCN(C)C. The van der Waals surface area contributed by atoms with Gasteiger partial charge in [0.05, 0.1) is 16.6 Å².